The lowest BCUT2D eigenvalue weighted by molar-refractivity contribution is -0.168. The van der Waals surface area contributed by atoms with Crippen molar-refractivity contribution in [2.75, 3.05) is 13.2 Å². The number of ether oxygens (including phenoxy) is 2. The van der Waals surface area contributed by atoms with Gasteiger partial charge in [-0.2, -0.15) is 0 Å². The summed E-state index contributed by atoms with van der Waals surface area (Å²) in [4.78, 5) is 25.3. The zero-order valence-corrected chi connectivity index (χ0v) is 16.7. The highest BCUT2D eigenvalue weighted by molar-refractivity contribution is 9.10. The van der Waals surface area contributed by atoms with Crippen molar-refractivity contribution >= 4 is 27.7 Å². The SMILES string of the molecule is CCOc1ccc(C(=O)COC(=O)C23C[C@@H]4C[C@@H](CC(Br)(C4)C2)C3)cc1. The zero-order chi connectivity index (χ0) is 18.4. The lowest BCUT2D eigenvalue weighted by Gasteiger charge is -2.58. The summed E-state index contributed by atoms with van der Waals surface area (Å²) in [5.74, 6) is 1.63. The number of benzene rings is 1. The molecule has 0 heterocycles. The molecule has 5 heteroatoms. The first kappa shape index (κ1) is 18.0. The molecule has 0 radical (unpaired) electrons. The Labute approximate surface area is 162 Å². The molecule has 140 valence electrons. The monoisotopic (exact) mass is 420 g/mol. The summed E-state index contributed by atoms with van der Waals surface area (Å²) in [6.07, 6.45) is 6.28. The van der Waals surface area contributed by atoms with Gasteiger partial charge in [0.25, 0.3) is 0 Å². The van der Waals surface area contributed by atoms with Gasteiger partial charge in [0.2, 0.25) is 0 Å². The summed E-state index contributed by atoms with van der Waals surface area (Å²) in [5, 5.41) is 0. The minimum absolute atomic E-state index is 0.106. The number of ketones is 1. The first-order valence-corrected chi connectivity index (χ1v) is 10.3. The highest BCUT2D eigenvalue weighted by atomic mass is 79.9. The normalized spacial score (nSPS) is 34.5. The van der Waals surface area contributed by atoms with Gasteiger partial charge in [-0.25, -0.2) is 0 Å². The van der Waals surface area contributed by atoms with Gasteiger partial charge in [-0.15, -0.1) is 0 Å². The van der Waals surface area contributed by atoms with Crippen LogP contribution in [0.4, 0.5) is 0 Å². The first-order valence-electron chi connectivity index (χ1n) is 9.54. The Morgan fingerprint density at radius 1 is 1.12 bits per heavy atom. The molecule has 2 unspecified atom stereocenters. The number of carbonyl (C=O) groups excluding carboxylic acids is 2. The maximum absolute atomic E-state index is 12.9. The molecule has 4 aliphatic rings. The van der Waals surface area contributed by atoms with E-state index in [9.17, 15) is 9.59 Å². The van der Waals surface area contributed by atoms with Gasteiger partial charge in [0.05, 0.1) is 12.0 Å². The van der Waals surface area contributed by atoms with Crippen molar-refractivity contribution in [3.8, 4) is 5.75 Å². The third-order valence-corrected chi connectivity index (χ3v) is 7.17. The summed E-state index contributed by atoms with van der Waals surface area (Å²) in [7, 11) is 0. The highest BCUT2D eigenvalue weighted by Crippen LogP contribution is 2.64. The molecule has 0 saturated heterocycles. The van der Waals surface area contributed by atoms with Crippen molar-refractivity contribution < 1.29 is 19.1 Å². The number of hydrogen-bond donors (Lipinski definition) is 0. The van der Waals surface area contributed by atoms with Gasteiger partial charge in [-0.1, -0.05) is 15.9 Å². The van der Waals surface area contributed by atoms with Crippen LogP contribution in [0.15, 0.2) is 24.3 Å². The first-order chi connectivity index (χ1) is 12.4. The molecule has 4 atom stereocenters. The second-order valence-electron chi connectivity index (χ2n) is 8.35. The third-order valence-electron chi connectivity index (χ3n) is 6.24. The Morgan fingerprint density at radius 3 is 2.35 bits per heavy atom. The molecular weight excluding hydrogens is 396 g/mol. The Hall–Kier alpha value is -1.36. The second kappa shape index (κ2) is 6.66. The number of Topliss-reactive ketones (excluding diaryl/α,β-unsaturated/α-hetero) is 1. The van der Waals surface area contributed by atoms with Crippen molar-refractivity contribution in [2.24, 2.45) is 17.3 Å². The van der Waals surface area contributed by atoms with E-state index in [1.165, 1.54) is 19.3 Å². The van der Waals surface area contributed by atoms with Crippen LogP contribution in [0.25, 0.3) is 0 Å². The summed E-state index contributed by atoms with van der Waals surface area (Å²) < 4.78 is 11.0. The molecule has 0 N–H and O–H groups in total. The Kier molecular flexibility index (Phi) is 4.62. The Bertz CT molecular complexity index is 697. The van der Waals surface area contributed by atoms with Crippen LogP contribution in [0.3, 0.4) is 0 Å². The Balaban J connectivity index is 1.38. The van der Waals surface area contributed by atoms with Gasteiger partial charge in [0.15, 0.2) is 12.4 Å². The van der Waals surface area contributed by atoms with E-state index in [0.717, 1.165) is 25.0 Å². The zero-order valence-electron chi connectivity index (χ0n) is 15.1. The van der Waals surface area contributed by atoms with Crippen LogP contribution in [-0.2, 0) is 9.53 Å². The van der Waals surface area contributed by atoms with E-state index in [0.29, 0.717) is 24.0 Å². The van der Waals surface area contributed by atoms with Gasteiger partial charge in [-0.05, 0) is 81.5 Å². The standard InChI is InChI=1S/C21H25BrO4/c1-2-25-17-5-3-16(4-6-17)18(23)12-26-19(24)20-8-14-7-15(9-20)11-21(22,10-14)13-20/h3-6,14-15H,2,7-13H2,1H3/t14-,15+,20?,21?. The Morgan fingerprint density at radius 2 is 1.77 bits per heavy atom. The number of hydrogen-bond acceptors (Lipinski definition) is 4. The van der Waals surface area contributed by atoms with Gasteiger partial charge in [-0.3, -0.25) is 9.59 Å². The number of carbonyl (C=O) groups is 2. The fourth-order valence-electron chi connectivity index (χ4n) is 5.66. The average molecular weight is 421 g/mol. The lowest BCUT2D eigenvalue weighted by Crippen LogP contribution is -2.56. The minimum Gasteiger partial charge on any atom is -0.494 e. The predicted octanol–water partition coefficient (Wildman–Crippen LogP) is 4.55. The van der Waals surface area contributed by atoms with E-state index >= 15 is 0 Å². The molecule has 4 bridgehead atoms. The van der Waals surface area contributed by atoms with Gasteiger partial charge in [0, 0.05) is 9.89 Å². The van der Waals surface area contributed by atoms with Gasteiger partial charge >= 0.3 is 5.97 Å². The van der Waals surface area contributed by atoms with Crippen molar-refractivity contribution in [3.05, 3.63) is 29.8 Å². The number of esters is 1. The van der Waals surface area contributed by atoms with Crippen molar-refractivity contribution in [2.45, 2.75) is 49.8 Å². The van der Waals surface area contributed by atoms with Crippen molar-refractivity contribution in [1.82, 2.24) is 0 Å². The second-order valence-corrected chi connectivity index (χ2v) is 10.0. The molecule has 1 aromatic carbocycles. The maximum atomic E-state index is 12.9. The van der Waals surface area contributed by atoms with Gasteiger partial charge in [0.1, 0.15) is 5.75 Å². The smallest absolute Gasteiger partial charge is 0.312 e. The molecule has 0 amide bonds. The largest absolute Gasteiger partial charge is 0.494 e. The molecule has 0 aromatic heterocycles. The molecule has 5 rings (SSSR count). The van der Waals surface area contributed by atoms with Crippen molar-refractivity contribution in [1.29, 1.82) is 0 Å². The van der Waals surface area contributed by atoms with Crippen LogP contribution in [0.2, 0.25) is 0 Å². The maximum Gasteiger partial charge on any atom is 0.312 e. The third kappa shape index (κ3) is 3.30. The summed E-state index contributed by atoms with van der Waals surface area (Å²) in [6.45, 7) is 2.32. The number of rotatable bonds is 6. The van der Waals surface area contributed by atoms with Crippen LogP contribution >= 0.6 is 15.9 Å². The quantitative estimate of drug-likeness (QED) is 0.384. The van der Waals surface area contributed by atoms with E-state index in [1.54, 1.807) is 24.3 Å². The van der Waals surface area contributed by atoms with E-state index in [-0.39, 0.29) is 28.1 Å². The molecule has 0 spiro atoms. The number of halogens is 1. The predicted molar refractivity (Wildman–Crippen MR) is 102 cm³/mol. The van der Waals surface area contributed by atoms with Gasteiger partial charge < -0.3 is 9.47 Å². The summed E-state index contributed by atoms with van der Waals surface area (Å²) in [5.41, 5.74) is 0.163. The minimum atomic E-state index is -0.382. The number of alkyl halides is 1. The fourth-order valence-corrected chi connectivity index (χ4v) is 7.11. The molecular formula is C21H25BrO4. The topological polar surface area (TPSA) is 52.6 Å². The summed E-state index contributed by atoms with van der Waals surface area (Å²) >= 11 is 3.91. The molecule has 4 fully saturated rings. The van der Waals surface area contributed by atoms with E-state index in [2.05, 4.69) is 15.9 Å². The summed E-state index contributed by atoms with van der Waals surface area (Å²) in [6, 6.07) is 6.98. The van der Waals surface area contributed by atoms with Crippen LogP contribution in [-0.4, -0.2) is 29.3 Å². The molecule has 4 nitrogen and oxygen atoms in total. The van der Waals surface area contributed by atoms with E-state index in [1.807, 2.05) is 6.92 Å². The van der Waals surface area contributed by atoms with E-state index in [4.69, 9.17) is 9.47 Å². The lowest BCUT2D eigenvalue weighted by atomic mass is 9.49. The fraction of sp³-hybridized carbons (Fsp3) is 0.619. The molecule has 0 aliphatic heterocycles. The molecule has 26 heavy (non-hydrogen) atoms. The van der Waals surface area contributed by atoms with Crippen LogP contribution < -0.4 is 4.74 Å². The highest BCUT2D eigenvalue weighted by Gasteiger charge is 2.60. The molecule has 4 saturated carbocycles. The van der Waals surface area contributed by atoms with Crippen LogP contribution in [0, 0.1) is 17.3 Å². The van der Waals surface area contributed by atoms with Crippen molar-refractivity contribution in [3.63, 3.8) is 0 Å². The molecule has 1 aromatic rings. The van der Waals surface area contributed by atoms with E-state index < -0.39 is 0 Å². The molecule has 4 aliphatic carbocycles. The average Bonchev–Trinajstić information content (AvgIpc) is 2.58. The van der Waals surface area contributed by atoms with Crippen LogP contribution in [0.1, 0.15) is 55.8 Å². The van der Waals surface area contributed by atoms with Crippen LogP contribution in [0.5, 0.6) is 5.75 Å².